The summed E-state index contributed by atoms with van der Waals surface area (Å²) >= 11 is 13.5. The van der Waals surface area contributed by atoms with Gasteiger partial charge in [-0.15, -0.1) is 0 Å². The Labute approximate surface area is 180 Å². The maximum atomic E-state index is 12.4. The fraction of sp³-hybridized carbons (Fsp3) is 0.250. The topological polar surface area (TPSA) is 55.8 Å². The van der Waals surface area contributed by atoms with Gasteiger partial charge in [0.05, 0.1) is 0 Å². The summed E-state index contributed by atoms with van der Waals surface area (Å²) in [5.74, 6) is 0.573. The van der Waals surface area contributed by atoms with Gasteiger partial charge in [0.2, 0.25) is 0 Å². The molecule has 1 N–H and O–H groups in total. The molecule has 0 aliphatic rings. The van der Waals surface area contributed by atoms with Crippen LogP contribution in [0.15, 0.2) is 36.4 Å². The molecule has 0 unspecified atom stereocenters. The van der Waals surface area contributed by atoms with Gasteiger partial charge in [0, 0.05) is 21.3 Å². The summed E-state index contributed by atoms with van der Waals surface area (Å²) in [5.41, 5.74) is 3.76. The summed E-state index contributed by atoms with van der Waals surface area (Å²) in [4.78, 5) is 10.1. The minimum Gasteiger partial charge on any atom is -0.395 e. The summed E-state index contributed by atoms with van der Waals surface area (Å²) in [6.45, 7) is 0. The Hall–Kier alpha value is 0.150. The smallest absolute Gasteiger partial charge is 0.395 e. The van der Waals surface area contributed by atoms with E-state index in [0.717, 1.165) is 22.3 Å². The van der Waals surface area contributed by atoms with Crippen LogP contribution in [0.4, 0.5) is 0 Å². The van der Waals surface area contributed by atoms with Crippen molar-refractivity contribution in [1.82, 2.24) is 0 Å². The van der Waals surface area contributed by atoms with E-state index in [4.69, 9.17) is 9.05 Å². The van der Waals surface area contributed by atoms with Gasteiger partial charge in [-0.2, -0.15) is 0 Å². The zero-order valence-corrected chi connectivity index (χ0v) is 20.2. The molecule has 0 fully saturated rings. The predicted octanol–water partition coefficient (Wildman–Crippen LogP) is 6.82. The highest BCUT2D eigenvalue weighted by Gasteiger charge is 2.26. The first-order chi connectivity index (χ1) is 11.9. The Morgan fingerprint density at radius 1 is 0.680 bits per heavy atom. The van der Waals surface area contributed by atoms with Crippen molar-refractivity contribution in [2.24, 2.45) is 0 Å². The molecule has 0 radical (unpaired) electrons. The Morgan fingerprint density at radius 3 is 1.20 bits per heavy atom. The lowest BCUT2D eigenvalue weighted by Gasteiger charge is -2.16. The van der Waals surface area contributed by atoms with Gasteiger partial charge in [-0.3, -0.25) is 4.89 Å². The molecule has 0 heterocycles. The zero-order valence-electron chi connectivity index (χ0n) is 12.9. The quantitative estimate of drug-likeness (QED) is 0.260. The Kier molecular flexibility index (Phi) is 8.50. The third kappa shape index (κ3) is 6.67. The molecule has 9 heteroatoms. The first-order valence-corrected chi connectivity index (χ1v) is 13.1. The lowest BCUT2D eigenvalue weighted by molar-refractivity contribution is 0.291. The molecule has 0 amide bonds. The van der Waals surface area contributed by atoms with E-state index in [-0.39, 0.29) is 11.5 Å². The number of hydrogen-bond acceptors (Lipinski definition) is 3. The van der Waals surface area contributed by atoms with Crippen molar-refractivity contribution >= 4 is 71.5 Å². The minimum atomic E-state index is -4.32. The number of benzene rings is 2. The molecule has 25 heavy (non-hydrogen) atoms. The highest BCUT2D eigenvalue weighted by Crippen LogP contribution is 2.45. The molecule has 0 bridgehead atoms. The lowest BCUT2D eigenvalue weighted by atomic mass is 10.1. The van der Waals surface area contributed by atoms with Crippen LogP contribution in [0.5, 0.6) is 11.5 Å². The SMILES string of the molecule is O=P(O)(Oc1cc(CBr)cc(CBr)c1)Oc1cc(CBr)cc(CBr)c1. The van der Waals surface area contributed by atoms with Crippen LogP contribution in [0, 0.1) is 0 Å². The van der Waals surface area contributed by atoms with Crippen molar-refractivity contribution in [2.45, 2.75) is 21.3 Å². The van der Waals surface area contributed by atoms with Gasteiger partial charge < -0.3 is 9.05 Å². The summed E-state index contributed by atoms with van der Waals surface area (Å²) < 4.78 is 22.9. The highest BCUT2D eigenvalue weighted by atomic mass is 79.9. The van der Waals surface area contributed by atoms with Gasteiger partial charge >= 0.3 is 7.82 Å². The van der Waals surface area contributed by atoms with Gasteiger partial charge in [-0.05, 0) is 46.5 Å². The van der Waals surface area contributed by atoms with Crippen molar-refractivity contribution in [3.8, 4) is 11.5 Å². The number of phosphoric ester groups is 1. The predicted molar refractivity (Wildman–Crippen MR) is 114 cm³/mol. The molecule has 2 aromatic rings. The monoisotopic (exact) mass is 618 g/mol. The van der Waals surface area contributed by atoms with E-state index < -0.39 is 7.82 Å². The second kappa shape index (κ2) is 9.90. The molecule has 0 saturated heterocycles. The lowest BCUT2D eigenvalue weighted by Crippen LogP contribution is -2.01. The van der Waals surface area contributed by atoms with Crippen molar-refractivity contribution in [3.05, 3.63) is 58.7 Å². The maximum absolute atomic E-state index is 12.4. The van der Waals surface area contributed by atoms with Crippen LogP contribution in [0.25, 0.3) is 0 Å². The average molecular weight is 622 g/mol. The first kappa shape index (κ1) is 21.5. The Morgan fingerprint density at radius 2 is 0.960 bits per heavy atom. The van der Waals surface area contributed by atoms with Crippen LogP contribution in [-0.2, 0) is 25.9 Å². The van der Waals surface area contributed by atoms with Crippen LogP contribution in [-0.4, -0.2) is 4.89 Å². The third-order valence-electron chi connectivity index (χ3n) is 3.11. The minimum absolute atomic E-state index is 0.287. The molecule has 0 aliphatic carbocycles. The molecule has 0 spiro atoms. The van der Waals surface area contributed by atoms with Crippen molar-refractivity contribution < 1.29 is 18.5 Å². The maximum Gasteiger partial charge on any atom is 0.584 e. The summed E-state index contributed by atoms with van der Waals surface area (Å²) in [6, 6.07) is 10.7. The van der Waals surface area contributed by atoms with Crippen molar-refractivity contribution in [3.63, 3.8) is 0 Å². The normalized spacial score (nSPS) is 11.4. The Bertz CT molecular complexity index is 679. The molecule has 0 aliphatic heterocycles. The molecule has 4 nitrogen and oxygen atoms in total. The van der Waals surface area contributed by atoms with Crippen molar-refractivity contribution in [2.75, 3.05) is 0 Å². The standard InChI is InChI=1S/C16H15Br4O4P/c17-7-11-1-12(8-18)4-15(3-11)23-25(21,22)24-16-5-13(9-19)2-14(6-16)10-20/h1-6H,7-10H2,(H,21,22). The van der Waals surface area contributed by atoms with E-state index in [1.165, 1.54) is 0 Å². The summed E-state index contributed by atoms with van der Waals surface area (Å²) in [6.07, 6.45) is 0. The van der Waals surface area contributed by atoms with Gasteiger partial charge in [0.1, 0.15) is 11.5 Å². The van der Waals surface area contributed by atoms with Crippen LogP contribution in [0.2, 0.25) is 0 Å². The van der Waals surface area contributed by atoms with Gasteiger partial charge in [-0.1, -0.05) is 75.9 Å². The molecule has 0 saturated carbocycles. The fourth-order valence-corrected chi connectivity index (χ4v) is 4.23. The van der Waals surface area contributed by atoms with E-state index >= 15 is 0 Å². The number of hydrogen-bond donors (Lipinski definition) is 1. The average Bonchev–Trinajstić information content (AvgIpc) is 2.59. The van der Waals surface area contributed by atoms with E-state index in [9.17, 15) is 9.46 Å². The first-order valence-electron chi connectivity index (χ1n) is 7.10. The van der Waals surface area contributed by atoms with E-state index in [2.05, 4.69) is 63.7 Å². The molecule has 2 rings (SSSR count). The molecule has 2 aromatic carbocycles. The van der Waals surface area contributed by atoms with Crippen LogP contribution >= 0.6 is 71.5 Å². The largest absolute Gasteiger partial charge is 0.584 e. The fourth-order valence-electron chi connectivity index (χ4n) is 2.16. The summed E-state index contributed by atoms with van der Waals surface area (Å²) in [7, 11) is -4.32. The van der Waals surface area contributed by atoms with Crippen molar-refractivity contribution in [1.29, 1.82) is 0 Å². The molecule has 0 atom stereocenters. The zero-order chi connectivity index (χ0) is 18.4. The van der Waals surface area contributed by atoms with Gasteiger partial charge in [0.25, 0.3) is 0 Å². The van der Waals surface area contributed by atoms with Gasteiger partial charge in [-0.25, -0.2) is 4.57 Å². The molecule has 136 valence electrons. The molecular weight excluding hydrogens is 607 g/mol. The second-order valence-electron chi connectivity index (χ2n) is 5.16. The third-order valence-corrected chi connectivity index (χ3v) is 6.58. The number of rotatable bonds is 8. The molecule has 0 aromatic heterocycles. The van der Waals surface area contributed by atoms with Crippen LogP contribution in [0.1, 0.15) is 22.3 Å². The molecular formula is C16H15Br4O4P. The van der Waals surface area contributed by atoms with Crippen LogP contribution < -0.4 is 9.05 Å². The summed E-state index contributed by atoms with van der Waals surface area (Å²) in [5, 5.41) is 2.46. The number of halogens is 4. The van der Waals surface area contributed by atoms with E-state index in [1.54, 1.807) is 24.3 Å². The number of alkyl halides is 4. The van der Waals surface area contributed by atoms with Gasteiger partial charge in [0.15, 0.2) is 0 Å². The van der Waals surface area contributed by atoms with Crippen LogP contribution in [0.3, 0.4) is 0 Å². The van der Waals surface area contributed by atoms with E-state index in [0.29, 0.717) is 21.3 Å². The Balaban J connectivity index is 2.24. The highest BCUT2D eigenvalue weighted by molar-refractivity contribution is 9.09. The van der Waals surface area contributed by atoms with E-state index in [1.807, 2.05) is 12.1 Å². The second-order valence-corrected chi connectivity index (χ2v) is 8.70. The number of phosphoric acid groups is 1.